The number of benzene rings is 4. The molecule has 5 aromatic rings. The Bertz CT molecular complexity index is 1900. The zero-order chi connectivity index (χ0) is 28.5. The van der Waals surface area contributed by atoms with Gasteiger partial charge in [0.15, 0.2) is 0 Å². The molecule has 0 saturated heterocycles. The van der Waals surface area contributed by atoms with Crippen molar-refractivity contribution >= 4 is 45.1 Å². The van der Waals surface area contributed by atoms with E-state index in [1.165, 1.54) is 48.1 Å². The number of carbonyl (C=O) groups is 2. The number of amides is 2. The molecule has 1 atom stereocenters. The summed E-state index contributed by atoms with van der Waals surface area (Å²) < 4.78 is 56.7. The van der Waals surface area contributed by atoms with Crippen LogP contribution in [0.2, 0.25) is 5.02 Å². The molecular weight excluding hydrogens is 548 g/mol. The van der Waals surface area contributed by atoms with Gasteiger partial charge in [-0.1, -0.05) is 29.8 Å². The van der Waals surface area contributed by atoms with Gasteiger partial charge in [-0.15, -0.1) is 0 Å². The minimum atomic E-state index is -2.69. The van der Waals surface area contributed by atoms with E-state index in [1.807, 2.05) is 0 Å². The predicted octanol–water partition coefficient (Wildman–Crippen LogP) is 6.06. The number of hydrogen-bond donors (Lipinski definition) is 2. The maximum absolute atomic E-state index is 14.4. The van der Waals surface area contributed by atoms with Gasteiger partial charge < -0.3 is 11.1 Å². The van der Waals surface area contributed by atoms with Crippen molar-refractivity contribution in [1.82, 2.24) is 15.1 Å². The monoisotopic (exact) mass is 566 g/mol. The Morgan fingerprint density at radius 1 is 1.05 bits per heavy atom. The third-order valence-electron chi connectivity index (χ3n) is 7.22. The van der Waals surface area contributed by atoms with Crippen LogP contribution in [0.5, 0.6) is 0 Å². The first-order valence-corrected chi connectivity index (χ1v) is 12.5. The normalized spacial score (nSPS) is 14.8. The number of hydrogen-bond acceptors (Lipinski definition) is 3. The maximum Gasteiger partial charge on any atom is 0.254 e. The summed E-state index contributed by atoms with van der Waals surface area (Å²) in [7, 11) is 1.50. The topological polar surface area (TPSA) is 90.0 Å². The molecule has 0 fully saturated rings. The van der Waals surface area contributed by atoms with E-state index in [4.69, 9.17) is 17.3 Å². The Kier molecular flexibility index (Phi) is 6.03. The predicted molar refractivity (Wildman–Crippen MR) is 143 cm³/mol. The maximum atomic E-state index is 14.4. The molecule has 0 saturated carbocycles. The summed E-state index contributed by atoms with van der Waals surface area (Å²) >= 11 is 6.44. The number of aromatic nitrogens is 2. The van der Waals surface area contributed by atoms with Crippen molar-refractivity contribution in [2.75, 3.05) is 0 Å². The van der Waals surface area contributed by atoms with Gasteiger partial charge in [0, 0.05) is 28.6 Å². The lowest BCUT2D eigenvalue weighted by atomic mass is 9.85. The van der Waals surface area contributed by atoms with Crippen LogP contribution in [0.3, 0.4) is 0 Å². The molecular formula is C29H19ClF4N4O2. The lowest BCUT2D eigenvalue weighted by Crippen LogP contribution is -2.20. The Balaban J connectivity index is 1.76. The van der Waals surface area contributed by atoms with Crippen LogP contribution in [0.1, 0.15) is 43.6 Å². The summed E-state index contributed by atoms with van der Waals surface area (Å²) in [5.41, 5.74) is 7.49. The van der Waals surface area contributed by atoms with Gasteiger partial charge in [-0.2, -0.15) is 5.10 Å². The number of aryl methyl sites for hydroxylation is 1. The number of primary amides is 1. The summed E-state index contributed by atoms with van der Waals surface area (Å²) in [5, 5.41) is 8.43. The van der Waals surface area contributed by atoms with Gasteiger partial charge in [0.25, 0.3) is 5.91 Å². The number of fused-ring (bicyclic) bond motifs is 4. The Hall–Kier alpha value is -4.44. The number of carbonyl (C=O) groups excluding carboxylic acids is 2. The van der Waals surface area contributed by atoms with Crippen molar-refractivity contribution in [2.45, 2.75) is 18.9 Å². The third kappa shape index (κ3) is 3.98. The molecule has 0 radical (unpaired) electrons. The second kappa shape index (κ2) is 9.34. The molecule has 1 aromatic heterocycles. The molecule has 2 amide bonds. The SMILES string of the molecule is Cn1nc2c3c(c(-c4ccc5cc(F)ccc5c4C(N)=O)cc2c1CC(F)F)C(c1cc(F)ccc1Cl)NC3=O. The first-order chi connectivity index (χ1) is 19.0. The molecule has 1 aliphatic heterocycles. The number of nitrogens with one attached hydrogen (secondary N) is 1. The summed E-state index contributed by atoms with van der Waals surface area (Å²) in [5.74, 6) is -2.50. The van der Waals surface area contributed by atoms with Crippen LogP contribution in [-0.4, -0.2) is 28.0 Å². The Labute approximate surface area is 229 Å². The second-order valence-corrected chi connectivity index (χ2v) is 9.97. The van der Waals surface area contributed by atoms with E-state index in [-0.39, 0.29) is 43.9 Å². The zero-order valence-electron chi connectivity index (χ0n) is 20.7. The van der Waals surface area contributed by atoms with Crippen molar-refractivity contribution in [2.24, 2.45) is 12.8 Å². The minimum absolute atomic E-state index is 0.0433. The number of alkyl halides is 2. The van der Waals surface area contributed by atoms with E-state index in [9.17, 15) is 27.2 Å². The molecule has 2 heterocycles. The van der Waals surface area contributed by atoms with Gasteiger partial charge in [0.2, 0.25) is 12.3 Å². The van der Waals surface area contributed by atoms with Crippen molar-refractivity contribution < 1.29 is 27.2 Å². The average Bonchev–Trinajstić information content (AvgIpc) is 3.40. The molecule has 4 aromatic carbocycles. The molecule has 1 unspecified atom stereocenters. The molecule has 0 aliphatic carbocycles. The molecule has 202 valence electrons. The summed E-state index contributed by atoms with van der Waals surface area (Å²) in [6, 6.07) is 11.3. The molecule has 0 spiro atoms. The minimum Gasteiger partial charge on any atom is -0.366 e. The van der Waals surface area contributed by atoms with Gasteiger partial charge >= 0.3 is 0 Å². The Morgan fingerprint density at radius 2 is 1.77 bits per heavy atom. The van der Waals surface area contributed by atoms with E-state index < -0.39 is 42.3 Å². The summed E-state index contributed by atoms with van der Waals surface area (Å²) in [6.07, 6.45) is -3.33. The molecule has 40 heavy (non-hydrogen) atoms. The van der Waals surface area contributed by atoms with E-state index in [1.54, 1.807) is 18.2 Å². The summed E-state index contributed by atoms with van der Waals surface area (Å²) in [6.45, 7) is 0. The van der Waals surface area contributed by atoms with Gasteiger partial charge in [-0.3, -0.25) is 14.3 Å². The van der Waals surface area contributed by atoms with Gasteiger partial charge in [0.1, 0.15) is 17.2 Å². The lowest BCUT2D eigenvalue weighted by molar-refractivity contribution is 0.0960. The molecule has 0 bridgehead atoms. The van der Waals surface area contributed by atoms with Crippen LogP contribution < -0.4 is 11.1 Å². The van der Waals surface area contributed by atoms with Crippen LogP contribution >= 0.6 is 11.6 Å². The number of nitrogens with zero attached hydrogens (tertiary/aromatic N) is 2. The van der Waals surface area contributed by atoms with Crippen molar-refractivity contribution in [3.63, 3.8) is 0 Å². The molecule has 6 nitrogen and oxygen atoms in total. The van der Waals surface area contributed by atoms with Crippen molar-refractivity contribution in [3.8, 4) is 11.1 Å². The zero-order valence-corrected chi connectivity index (χ0v) is 21.5. The first kappa shape index (κ1) is 25.8. The van der Waals surface area contributed by atoms with Gasteiger partial charge in [-0.25, -0.2) is 17.6 Å². The second-order valence-electron chi connectivity index (χ2n) is 9.56. The number of rotatable bonds is 5. The third-order valence-corrected chi connectivity index (χ3v) is 7.56. The van der Waals surface area contributed by atoms with Crippen LogP contribution in [0.4, 0.5) is 17.6 Å². The van der Waals surface area contributed by atoms with E-state index in [0.717, 1.165) is 0 Å². The van der Waals surface area contributed by atoms with Crippen LogP contribution in [-0.2, 0) is 13.5 Å². The smallest absolute Gasteiger partial charge is 0.254 e. The van der Waals surface area contributed by atoms with Crippen molar-refractivity contribution in [1.29, 1.82) is 0 Å². The number of nitrogens with two attached hydrogens (primary N) is 1. The van der Waals surface area contributed by atoms with E-state index in [0.29, 0.717) is 21.9 Å². The number of halogens is 5. The van der Waals surface area contributed by atoms with E-state index >= 15 is 0 Å². The van der Waals surface area contributed by atoms with E-state index in [2.05, 4.69) is 10.4 Å². The fraction of sp³-hybridized carbons (Fsp3) is 0.138. The molecule has 6 rings (SSSR count). The lowest BCUT2D eigenvalue weighted by Gasteiger charge is -2.20. The quantitative estimate of drug-likeness (QED) is 0.253. The molecule has 11 heteroatoms. The average molecular weight is 567 g/mol. The van der Waals surface area contributed by atoms with Gasteiger partial charge in [0.05, 0.1) is 29.3 Å². The molecule has 3 N–H and O–H groups in total. The van der Waals surface area contributed by atoms with Gasteiger partial charge in [-0.05, 0) is 58.3 Å². The van der Waals surface area contributed by atoms with Crippen molar-refractivity contribution in [3.05, 3.63) is 99.2 Å². The first-order valence-electron chi connectivity index (χ1n) is 12.1. The highest BCUT2D eigenvalue weighted by atomic mass is 35.5. The summed E-state index contributed by atoms with van der Waals surface area (Å²) in [4.78, 5) is 26.3. The highest BCUT2D eigenvalue weighted by molar-refractivity contribution is 6.31. The molecule has 1 aliphatic rings. The fourth-order valence-corrected chi connectivity index (χ4v) is 5.80. The Morgan fingerprint density at radius 3 is 2.50 bits per heavy atom. The largest absolute Gasteiger partial charge is 0.366 e. The fourth-order valence-electron chi connectivity index (χ4n) is 5.57. The highest BCUT2D eigenvalue weighted by Gasteiger charge is 2.38. The highest BCUT2D eigenvalue weighted by Crippen LogP contribution is 2.46. The van der Waals surface area contributed by atoms with Crippen LogP contribution in [0, 0.1) is 11.6 Å². The van der Waals surface area contributed by atoms with Crippen LogP contribution in [0.25, 0.3) is 32.8 Å². The van der Waals surface area contributed by atoms with Crippen LogP contribution in [0.15, 0.2) is 54.6 Å². The standard InChI is InChI=1S/C29H19ClF4N4O2/c1-38-21(11-22(33)34)19-10-17(16-5-2-12-8-13(31)3-6-15(12)23(16)28(35)39)24-25(27(19)37-38)29(40)36-26(24)18-9-14(32)4-7-20(18)30/h2-10,22,26H,11H2,1H3,(H2,35,39)(H,36,40).